The van der Waals surface area contributed by atoms with Gasteiger partial charge >= 0.3 is 0 Å². The molecule has 0 spiro atoms. The molecule has 3 N–H and O–H groups in total. The lowest BCUT2D eigenvalue weighted by molar-refractivity contribution is -0.914. The zero-order chi connectivity index (χ0) is 24.6. The lowest BCUT2D eigenvalue weighted by Crippen LogP contribution is -3.12. The van der Waals surface area contributed by atoms with E-state index in [1.807, 2.05) is 30.3 Å². The van der Waals surface area contributed by atoms with Crippen molar-refractivity contribution in [2.24, 2.45) is 0 Å². The second-order valence-corrected chi connectivity index (χ2v) is 8.95. The molecule has 1 unspecified atom stereocenters. The molecule has 1 fully saturated rings. The number of carboxylic acids is 1. The summed E-state index contributed by atoms with van der Waals surface area (Å²) in [6.07, 6.45) is 0.836. The summed E-state index contributed by atoms with van der Waals surface area (Å²) in [4.78, 5) is 25.1. The van der Waals surface area contributed by atoms with Crippen LogP contribution in [-0.4, -0.2) is 42.2 Å². The molecule has 3 aromatic carbocycles. The van der Waals surface area contributed by atoms with Gasteiger partial charge in [0, 0.05) is 11.1 Å². The van der Waals surface area contributed by atoms with Crippen molar-refractivity contribution in [2.45, 2.75) is 38.1 Å². The maximum atomic E-state index is 12.9. The third-order valence-electron chi connectivity index (χ3n) is 6.33. The van der Waals surface area contributed by atoms with Crippen molar-refractivity contribution < 1.29 is 29.4 Å². The van der Waals surface area contributed by atoms with Crippen LogP contribution < -0.4 is 20.1 Å². The number of nitrogens with one attached hydrogen (secondary N) is 2. The number of amides is 1. The van der Waals surface area contributed by atoms with Crippen molar-refractivity contribution in [3.05, 3.63) is 101 Å². The number of hydrogen-bond donors (Lipinski definition) is 3. The zero-order valence-corrected chi connectivity index (χ0v) is 19.5. The Balaban J connectivity index is 1.33. The van der Waals surface area contributed by atoms with Crippen molar-refractivity contribution in [3.63, 3.8) is 0 Å². The number of benzene rings is 3. The number of rotatable bonds is 8. The minimum atomic E-state index is -1.19. The van der Waals surface area contributed by atoms with E-state index in [4.69, 9.17) is 4.74 Å². The summed E-state index contributed by atoms with van der Waals surface area (Å²) >= 11 is 0. The van der Waals surface area contributed by atoms with E-state index in [2.05, 4.69) is 5.32 Å². The van der Waals surface area contributed by atoms with E-state index >= 15 is 0 Å². The van der Waals surface area contributed by atoms with Crippen LogP contribution in [0.25, 0.3) is 0 Å². The summed E-state index contributed by atoms with van der Waals surface area (Å²) in [6, 6.07) is 23.1. The van der Waals surface area contributed by atoms with E-state index in [9.17, 15) is 19.8 Å². The Labute approximate surface area is 205 Å². The van der Waals surface area contributed by atoms with Gasteiger partial charge in [0.2, 0.25) is 0 Å². The number of ether oxygens (including phenoxy) is 1. The maximum absolute atomic E-state index is 12.9. The molecule has 3 aromatic rings. The standard InChI is InChI=1S/C28H30N2O5/c31-26-7-4-16-30(17-20-8-10-23(11-9-20)28(33)34)18-25(26)29-27(32)22-12-14-24(15-13-22)35-19-21-5-2-1-3-6-21/h1-3,5-6,8-15,25-26,31H,4,7,16-19H2,(H,29,32)(H,33,34)/t25-,26-/m1/s1. The van der Waals surface area contributed by atoms with Gasteiger partial charge < -0.3 is 30.0 Å². The summed E-state index contributed by atoms with van der Waals surface area (Å²) in [5.74, 6) is -0.746. The molecule has 0 bridgehead atoms. The number of carbonyl (C=O) groups excluding carboxylic acids is 2. The van der Waals surface area contributed by atoms with E-state index in [0.29, 0.717) is 37.4 Å². The normalized spacial score (nSPS) is 20.0. The fourth-order valence-electron chi connectivity index (χ4n) is 4.36. The lowest BCUT2D eigenvalue weighted by Gasteiger charge is -2.25. The molecule has 7 heteroatoms. The molecular weight excluding hydrogens is 444 g/mol. The van der Waals surface area contributed by atoms with Gasteiger partial charge in [-0.25, -0.2) is 0 Å². The highest BCUT2D eigenvalue weighted by Crippen LogP contribution is 2.15. The van der Waals surface area contributed by atoms with Crippen molar-refractivity contribution in [3.8, 4) is 5.75 Å². The monoisotopic (exact) mass is 474 g/mol. The van der Waals surface area contributed by atoms with Gasteiger partial charge in [-0.3, -0.25) is 4.79 Å². The number of carboxylic acid groups (broad SMARTS) is 1. The minimum absolute atomic E-state index is 0.150. The van der Waals surface area contributed by atoms with Crippen molar-refractivity contribution >= 4 is 11.9 Å². The van der Waals surface area contributed by atoms with Crippen LogP contribution in [0.5, 0.6) is 5.75 Å². The molecular formula is C28H30N2O5. The highest BCUT2D eigenvalue weighted by atomic mass is 16.5. The molecule has 3 atom stereocenters. The zero-order valence-electron chi connectivity index (χ0n) is 19.5. The maximum Gasteiger partial charge on any atom is 0.251 e. The molecule has 1 aliphatic heterocycles. The van der Waals surface area contributed by atoms with Crippen LogP contribution >= 0.6 is 0 Å². The largest absolute Gasteiger partial charge is 0.545 e. The van der Waals surface area contributed by atoms with Gasteiger partial charge in [-0.1, -0.05) is 54.6 Å². The molecule has 0 radical (unpaired) electrons. The van der Waals surface area contributed by atoms with Gasteiger partial charge in [0.1, 0.15) is 31.5 Å². The predicted octanol–water partition coefficient (Wildman–Crippen LogP) is 0.967. The van der Waals surface area contributed by atoms with Crippen LogP contribution in [-0.2, 0) is 13.2 Å². The molecule has 1 saturated heterocycles. The predicted molar refractivity (Wildman–Crippen MR) is 129 cm³/mol. The smallest absolute Gasteiger partial charge is 0.251 e. The third kappa shape index (κ3) is 6.91. The molecule has 35 heavy (non-hydrogen) atoms. The first-order valence-corrected chi connectivity index (χ1v) is 11.9. The Morgan fingerprint density at radius 1 is 0.943 bits per heavy atom. The fourth-order valence-corrected chi connectivity index (χ4v) is 4.36. The number of carbonyl (C=O) groups is 2. The summed E-state index contributed by atoms with van der Waals surface area (Å²) in [7, 11) is 0. The van der Waals surface area contributed by atoms with Crippen LogP contribution in [0.15, 0.2) is 78.9 Å². The Morgan fingerprint density at radius 3 is 2.31 bits per heavy atom. The Morgan fingerprint density at radius 2 is 1.63 bits per heavy atom. The highest BCUT2D eigenvalue weighted by molar-refractivity contribution is 5.94. The SMILES string of the molecule is O=C([O-])c1ccc(C[NH+]2CCC[C@@H](O)[C@H](NC(=O)c3ccc(OCc4ccccc4)cc3)C2)cc1. The summed E-state index contributed by atoms with van der Waals surface area (Å²) < 4.78 is 5.79. The van der Waals surface area contributed by atoms with Crippen molar-refractivity contribution in [2.75, 3.05) is 13.1 Å². The fraction of sp³-hybridized carbons (Fsp3) is 0.286. The summed E-state index contributed by atoms with van der Waals surface area (Å²) in [5.41, 5.74) is 2.72. The van der Waals surface area contributed by atoms with Crippen molar-refractivity contribution in [1.29, 1.82) is 0 Å². The summed E-state index contributed by atoms with van der Waals surface area (Å²) in [5, 5.41) is 24.6. The molecule has 0 aromatic heterocycles. The molecule has 4 rings (SSSR count). The second kappa shape index (κ2) is 11.6. The Bertz CT molecular complexity index is 1120. The number of aliphatic hydroxyl groups is 1. The van der Waals surface area contributed by atoms with Crippen LogP contribution in [0, 0.1) is 0 Å². The lowest BCUT2D eigenvalue weighted by atomic mass is 10.1. The molecule has 1 amide bonds. The molecule has 182 valence electrons. The van der Waals surface area contributed by atoms with Gasteiger partial charge in [0.15, 0.2) is 0 Å². The van der Waals surface area contributed by atoms with Gasteiger partial charge in [-0.05, 0) is 48.2 Å². The van der Waals surface area contributed by atoms with Crippen LogP contribution in [0.1, 0.15) is 44.7 Å². The van der Waals surface area contributed by atoms with E-state index in [0.717, 1.165) is 24.1 Å². The highest BCUT2D eigenvalue weighted by Gasteiger charge is 2.30. The van der Waals surface area contributed by atoms with E-state index in [1.165, 1.54) is 4.90 Å². The van der Waals surface area contributed by atoms with Crippen LogP contribution in [0.2, 0.25) is 0 Å². The Kier molecular flexibility index (Phi) is 8.13. The topological polar surface area (TPSA) is 103 Å². The number of aromatic carboxylic acids is 1. The third-order valence-corrected chi connectivity index (χ3v) is 6.33. The minimum Gasteiger partial charge on any atom is -0.545 e. The van der Waals surface area contributed by atoms with E-state index < -0.39 is 12.1 Å². The molecule has 0 saturated carbocycles. The van der Waals surface area contributed by atoms with E-state index in [1.54, 1.807) is 48.5 Å². The first kappa shape index (κ1) is 24.4. The number of likely N-dealkylation sites (tertiary alicyclic amines) is 1. The molecule has 1 aliphatic rings. The van der Waals surface area contributed by atoms with Gasteiger partial charge in [-0.15, -0.1) is 0 Å². The quantitative estimate of drug-likeness (QED) is 0.452. The van der Waals surface area contributed by atoms with Gasteiger partial charge in [0.25, 0.3) is 5.91 Å². The average molecular weight is 475 g/mol. The second-order valence-electron chi connectivity index (χ2n) is 8.95. The van der Waals surface area contributed by atoms with Crippen LogP contribution in [0.3, 0.4) is 0 Å². The van der Waals surface area contributed by atoms with Gasteiger partial charge in [0.05, 0.1) is 18.6 Å². The molecule has 7 nitrogen and oxygen atoms in total. The van der Waals surface area contributed by atoms with Crippen molar-refractivity contribution in [1.82, 2.24) is 5.32 Å². The molecule has 1 heterocycles. The van der Waals surface area contributed by atoms with E-state index in [-0.39, 0.29) is 17.5 Å². The number of hydrogen-bond acceptors (Lipinski definition) is 5. The number of aliphatic hydroxyl groups excluding tert-OH is 1. The summed E-state index contributed by atoms with van der Waals surface area (Å²) in [6.45, 7) is 2.57. The number of quaternary nitrogens is 1. The first-order valence-electron chi connectivity index (χ1n) is 11.9. The Hall–Kier alpha value is -3.68. The first-order chi connectivity index (χ1) is 17.0. The average Bonchev–Trinajstić information content (AvgIpc) is 3.04. The van der Waals surface area contributed by atoms with Gasteiger partial charge in [-0.2, -0.15) is 0 Å². The van der Waals surface area contributed by atoms with Crippen LogP contribution in [0.4, 0.5) is 0 Å². The molecule has 0 aliphatic carbocycles.